The van der Waals surface area contributed by atoms with Crippen molar-refractivity contribution in [3.05, 3.63) is 78.4 Å². The van der Waals surface area contributed by atoms with Crippen LogP contribution in [0.5, 0.6) is 0 Å². The molecule has 0 saturated carbocycles. The second-order valence-electron chi connectivity index (χ2n) is 6.33. The highest BCUT2D eigenvalue weighted by Crippen LogP contribution is 2.30. The van der Waals surface area contributed by atoms with E-state index in [1.165, 1.54) is 0 Å². The van der Waals surface area contributed by atoms with Gasteiger partial charge in [-0.3, -0.25) is 4.99 Å². The van der Waals surface area contributed by atoms with Crippen LogP contribution < -0.4 is 0 Å². The van der Waals surface area contributed by atoms with E-state index in [9.17, 15) is 8.42 Å². The largest absolute Gasteiger partial charge is 0.289 e. The molecule has 1 unspecified atom stereocenters. The van der Waals surface area contributed by atoms with Crippen molar-refractivity contribution >= 4 is 26.3 Å². The number of sulfone groups is 1. The molecule has 1 atom stereocenters. The van der Waals surface area contributed by atoms with Crippen molar-refractivity contribution in [3.63, 3.8) is 0 Å². The van der Waals surface area contributed by atoms with Gasteiger partial charge in [0.15, 0.2) is 9.84 Å². The van der Waals surface area contributed by atoms with Crippen molar-refractivity contribution in [1.82, 2.24) is 0 Å². The van der Waals surface area contributed by atoms with Gasteiger partial charge in [-0.15, -0.1) is 0 Å². The molecule has 1 aliphatic heterocycles. The summed E-state index contributed by atoms with van der Waals surface area (Å²) in [5.41, 5.74) is 1.90. The van der Waals surface area contributed by atoms with E-state index in [0.29, 0.717) is 24.3 Å². The van der Waals surface area contributed by atoms with Crippen LogP contribution in [0.4, 0.5) is 0 Å². The Labute approximate surface area is 148 Å². The Kier molecular flexibility index (Phi) is 4.14. The minimum atomic E-state index is -3.41. The topological polar surface area (TPSA) is 46.5 Å². The second kappa shape index (κ2) is 6.45. The van der Waals surface area contributed by atoms with Crippen LogP contribution in [0.25, 0.3) is 10.8 Å². The van der Waals surface area contributed by atoms with E-state index in [1.807, 2.05) is 66.7 Å². The summed E-state index contributed by atoms with van der Waals surface area (Å²) < 4.78 is 26.6. The Morgan fingerprint density at radius 1 is 0.840 bits per heavy atom. The molecule has 0 spiro atoms. The number of rotatable bonds is 3. The van der Waals surface area contributed by atoms with Crippen LogP contribution in [-0.4, -0.2) is 25.9 Å². The zero-order valence-corrected chi connectivity index (χ0v) is 14.6. The standard InChI is InChI=1S/C21H19NO2S/c23-25(24,21-12-6-10-16-7-4-5-11-19(16)21)18-13-14-22-20(15-18)17-8-2-1-3-9-17/h1-12,18H,13-15H2. The molecule has 25 heavy (non-hydrogen) atoms. The third-order valence-corrected chi connectivity index (χ3v) is 7.03. The molecule has 4 heteroatoms. The zero-order valence-electron chi connectivity index (χ0n) is 13.8. The maximum atomic E-state index is 13.3. The average molecular weight is 349 g/mol. The summed E-state index contributed by atoms with van der Waals surface area (Å²) in [6, 6.07) is 23.0. The van der Waals surface area contributed by atoms with Crippen molar-refractivity contribution in [2.24, 2.45) is 4.99 Å². The predicted octanol–water partition coefficient (Wildman–Crippen LogP) is 4.27. The molecular weight excluding hydrogens is 330 g/mol. The number of fused-ring (bicyclic) bond motifs is 1. The molecular formula is C21H19NO2S. The van der Waals surface area contributed by atoms with Crippen LogP contribution in [0.15, 0.2) is 82.7 Å². The predicted molar refractivity (Wildman–Crippen MR) is 102 cm³/mol. The molecule has 3 aromatic rings. The highest BCUT2D eigenvalue weighted by Gasteiger charge is 2.32. The molecule has 0 fully saturated rings. The fourth-order valence-corrected chi connectivity index (χ4v) is 5.37. The summed E-state index contributed by atoms with van der Waals surface area (Å²) in [7, 11) is -3.41. The van der Waals surface area contributed by atoms with Crippen LogP contribution in [0.2, 0.25) is 0 Å². The van der Waals surface area contributed by atoms with E-state index in [4.69, 9.17) is 0 Å². The summed E-state index contributed by atoms with van der Waals surface area (Å²) in [4.78, 5) is 5.01. The molecule has 0 amide bonds. The Morgan fingerprint density at radius 3 is 2.40 bits per heavy atom. The normalized spacial score (nSPS) is 18.1. The van der Waals surface area contributed by atoms with Crippen LogP contribution in [0.3, 0.4) is 0 Å². The number of nitrogens with zero attached hydrogens (tertiary/aromatic N) is 1. The molecule has 3 nitrogen and oxygen atoms in total. The van der Waals surface area contributed by atoms with E-state index in [2.05, 4.69) is 4.99 Å². The molecule has 0 saturated heterocycles. The van der Waals surface area contributed by atoms with Gasteiger partial charge in [0, 0.05) is 24.1 Å². The maximum absolute atomic E-state index is 13.3. The lowest BCUT2D eigenvalue weighted by molar-refractivity contribution is 0.571. The smallest absolute Gasteiger partial charge is 0.182 e. The number of hydrogen-bond acceptors (Lipinski definition) is 3. The monoisotopic (exact) mass is 349 g/mol. The molecule has 1 aliphatic rings. The van der Waals surface area contributed by atoms with Gasteiger partial charge in [0.25, 0.3) is 0 Å². The lowest BCUT2D eigenvalue weighted by atomic mass is 10.0. The summed E-state index contributed by atoms with van der Waals surface area (Å²) in [6.07, 6.45) is 1.04. The van der Waals surface area contributed by atoms with Crippen molar-refractivity contribution in [2.75, 3.05) is 6.54 Å². The molecule has 3 aromatic carbocycles. The maximum Gasteiger partial charge on any atom is 0.182 e. The highest BCUT2D eigenvalue weighted by atomic mass is 32.2. The minimum absolute atomic E-state index is 0.425. The fraction of sp³-hybridized carbons (Fsp3) is 0.190. The number of aliphatic imine (C=N–C) groups is 1. The van der Waals surface area contributed by atoms with E-state index >= 15 is 0 Å². The summed E-state index contributed by atoms with van der Waals surface area (Å²) >= 11 is 0. The van der Waals surface area contributed by atoms with Gasteiger partial charge in [-0.25, -0.2) is 8.42 Å². The first-order chi connectivity index (χ1) is 12.2. The van der Waals surface area contributed by atoms with Gasteiger partial charge < -0.3 is 0 Å². The second-order valence-corrected chi connectivity index (χ2v) is 8.53. The van der Waals surface area contributed by atoms with E-state index in [-0.39, 0.29) is 0 Å². The fourth-order valence-electron chi connectivity index (χ4n) is 3.45. The first kappa shape index (κ1) is 16.0. The third kappa shape index (κ3) is 2.98. The van der Waals surface area contributed by atoms with Crippen molar-refractivity contribution in [2.45, 2.75) is 23.0 Å². The molecule has 0 radical (unpaired) electrons. The molecule has 0 N–H and O–H groups in total. The highest BCUT2D eigenvalue weighted by molar-refractivity contribution is 7.92. The lowest BCUT2D eigenvalue weighted by Crippen LogP contribution is -2.29. The Morgan fingerprint density at radius 2 is 1.56 bits per heavy atom. The van der Waals surface area contributed by atoms with Crippen LogP contribution >= 0.6 is 0 Å². The van der Waals surface area contributed by atoms with Crippen molar-refractivity contribution in [1.29, 1.82) is 0 Å². The van der Waals surface area contributed by atoms with Crippen LogP contribution in [0, 0.1) is 0 Å². The van der Waals surface area contributed by atoms with Crippen LogP contribution in [0.1, 0.15) is 18.4 Å². The molecule has 126 valence electrons. The minimum Gasteiger partial charge on any atom is -0.289 e. The summed E-state index contributed by atoms with van der Waals surface area (Å²) in [5, 5.41) is 1.33. The lowest BCUT2D eigenvalue weighted by Gasteiger charge is -2.23. The van der Waals surface area contributed by atoms with E-state index in [0.717, 1.165) is 22.0 Å². The Hall–Kier alpha value is -2.46. The number of benzene rings is 3. The first-order valence-electron chi connectivity index (χ1n) is 8.47. The van der Waals surface area contributed by atoms with Gasteiger partial charge in [0.05, 0.1) is 10.1 Å². The summed E-state index contributed by atoms with van der Waals surface area (Å²) in [6.45, 7) is 0.554. The SMILES string of the molecule is O=S(=O)(c1cccc2ccccc12)C1CCN=C(c2ccccc2)C1. The Balaban J connectivity index is 1.72. The molecule has 1 heterocycles. The third-order valence-electron chi connectivity index (χ3n) is 4.78. The average Bonchev–Trinajstić information content (AvgIpc) is 2.68. The molecule has 0 aliphatic carbocycles. The molecule has 0 bridgehead atoms. The van der Waals surface area contributed by atoms with Gasteiger partial charge in [-0.2, -0.15) is 0 Å². The van der Waals surface area contributed by atoms with Crippen molar-refractivity contribution < 1.29 is 8.42 Å². The van der Waals surface area contributed by atoms with E-state index in [1.54, 1.807) is 6.07 Å². The molecule has 4 rings (SSSR count). The Bertz CT molecular complexity index is 1030. The van der Waals surface area contributed by atoms with Crippen LogP contribution in [-0.2, 0) is 9.84 Å². The van der Waals surface area contributed by atoms with E-state index < -0.39 is 15.1 Å². The first-order valence-corrected chi connectivity index (χ1v) is 10.0. The van der Waals surface area contributed by atoms with Gasteiger partial charge in [0.2, 0.25) is 0 Å². The van der Waals surface area contributed by atoms with Gasteiger partial charge >= 0.3 is 0 Å². The quantitative estimate of drug-likeness (QED) is 0.709. The van der Waals surface area contributed by atoms with Gasteiger partial charge in [-0.05, 0) is 23.4 Å². The van der Waals surface area contributed by atoms with Crippen molar-refractivity contribution in [3.8, 4) is 0 Å². The van der Waals surface area contributed by atoms with Gasteiger partial charge in [0.1, 0.15) is 0 Å². The zero-order chi connectivity index (χ0) is 17.3. The molecule has 0 aromatic heterocycles. The number of hydrogen-bond donors (Lipinski definition) is 0. The summed E-state index contributed by atoms with van der Waals surface area (Å²) in [5.74, 6) is 0. The van der Waals surface area contributed by atoms with Gasteiger partial charge in [-0.1, -0.05) is 66.7 Å².